The quantitative estimate of drug-likeness (QED) is 0.715. The number of hydrogen-bond donors (Lipinski definition) is 1. The van der Waals surface area contributed by atoms with E-state index in [0.29, 0.717) is 23.4 Å². The second-order valence-electron chi connectivity index (χ2n) is 5.77. The summed E-state index contributed by atoms with van der Waals surface area (Å²) in [5, 5.41) is 6.89. The van der Waals surface area contributed by atoms with Crippen molar-refractivity contribution >= 4 is 17.6 Å². The number of rotatable bonds is 5. The van der Waals surface area contributed by atoms with E-state index in [2.05, 4.69) is 15.4 Å². The Labute approximate surface area is 150 Å². The fourth-order valence-corrected chi connectivity index (χ4v) is 2.46. The summed E-state index contributed by atoms with van der Waals surface area (Å²) in [5.41, 5.74) is 3.35. The van der Waals surface area contributed by atoms with Crippen molar-refractivity contribution < 1.29 is 14.3 Å². The summed E-state index contributed by atoms with van der Waals surface area (Å²) < 4.78 is 6.42. The number of anilines is 1. The second kappa shape index (κ2) is 7.60. The summed E-state index contributed by atoms with van der Waals surface area (Å²) in [6.07, 6.45) is 3.12. The monoisotopic (exact) mass is 350 g/mol. The number of ether oxygens (including phenoxy) is 1. The normalized spacial score (nSPS) is 10.4. The molecule has 3 aromatic rings. The lowest BCUT2D eigenvalue weighted by Crippen LogP contribution is -2.14. The maximum Gasteiger partial charge on any atom is 0.337 e. The number of benzene rings is 2. The first kappa shape index (κ1) is 17.3. The first-order valence-electron chi connectivity index (χ1n) is 7.98. The molecule has 7 heteroatoms. The number of amides is 1. The van der Waals surface area contributed by atoms with Gasteiger partial charge in [-0.15, -0.1) is 0 Å². The van der Waals surface area contributed by atoms with Crippen LogP contribution in [0.1, 0.15) is 31.8 Å². The average Bonchev–Trinajstić information content (AvgIpc) is 3.16. The van der Waals surface area contributed by atoms with Gasteiger partial charge in [-0.1, -0.05) is 18.2 Å². The van der Waals surface area contributed by atoms with E-state index in [1.54, 1.807) is 41.3 Å². The minimum Gasteiger partial charge on any atom is -0.465 e. The average molecular weight is 350 g/mol. The zero-order valence-electron chi connectivity index (χ0n) is 14.5. The van der Waals surface area contributed by atoms with Crippen LogP contribution in [0.5, 0.6) is 0 Å². The van der Waals surface area contributed by atoms with Gasteiger partial charge >= 0.3 is 5.97 Å². The number of hydrogen-bond acceptors (Lipinski definition) is 5. The second-order valence-corrected chi connectivity index (χ2v) is 5.77. The molecule has 3 rings (SSSR count). The summed E-state index contributed by atoms with van der Waals surface area (Å²) in [5.74, 6) is -0.694. The highest BCUT2D eigenvalue weighted by molar-refractivity contribution is 6.05. The van der Waals surface area contributed by atoms with E-state index in [9.17, 15) is 9.59 Å². The van der Waals surface area contributed by atoms with E-state index < -0.39 is 5.97 Å². The van der Waals surface area contributed by atoms with E-state index in [4.69, 9.17) is 4.74 Å². The first-order valence-corrected chi connectivity index (χ1v) is 7.98. The van der Waals surface area contributed by atoms with Crippen LogP contribution in [0, 0.1) is 6.92 Å². The number of esters is 1. The van der Waals surface area contributed by atoms with Crippen LogP contribution >= 0.6 is 0 Å². The molecule has 7 nitrogen and oxygen atoms in total. The fourth-order valence-electron chi connectivity index (χ4n) is 2.46. The van der Waals surface area contributed by atoms with Gasteiger partial charge < -0.3 is 10.1 Å². The third kappa shape index (κ3) is 3.94. The molecule has 0 aliphatic carbocycles. The van der Waals surface area contributed by atoms with Crippen molar-refractivity contribution in [1.82, 2.24) is 14.8 Å². The molecule has 1 aromatic heterocycles. The Morgan fingerprint density at radius 1 is 1.12 bits per heavy atom. The molecule has 0 bridgehead atoms. The van der Waals surface area contributed by atoms with E-state index >= 15 is 0 Å². The standard InChI is InChI=1S/C19H18N4O3/c1-13-3-6-16(19(25)26-2)9-17(13)22-18(24)15-7-4-14(5-8-15)10-23-12-20-11-21-23/h3-9,11-12H,10H2,1-2H3,(H,22,24). The molecule has 0 saturated heterocycles. The topological polar surface area (TPSA) is 86.1 Å². The van der Waals surface area contributed by atoms with Crippen molar-refractivity contribution in [3.05, 3.63) is 77.4 Å². The van der Waals surface area contributed by atoms with E-state index in [-0.39, 0.29) is 5.91 Å². The molecule has 132 valence electrons. The molecule has 2 aromatic carbocycles. The highest BCUT2D eigenvalue weighted by atomic mass is 16.5. The van der Waals surface area contributed by atoms with Gasteiger partial charge in [-0.25, -0.2) is 14.5 Å². The van der Waals surface area contributed by atoms with Crippen molar-refractivity contribution in [2.45, 2.75) is 13.5 Å². The largest absolute Gasteiger partial charge is 0.465 e. The number of nitrogens with one attached hydrogen (secondary N) is 1. The molecule has 0 saturated carbocycles. The van der Waals surface area contributed by atoms with Crippen LogP contribution in [-0.4, -0.2) is 33.8 Å². The summed E-state index contributed by atoms with van der Waals surface area (Å²) >= 11 is 0. The Balaban J connectivity index is 1.72. The number of aromatic nitrogens is 3. The zero-order valence-corrected chi connectivity index (χ0v) is 14.5. The van der Waals surface area contributed by atoms with Crippen molar-refractivity contribution in [2.75, 3.05) is 12.4 Å². The predicted molar refractivity (Wildman–Crippen MR) is 96.0 cm³/mol. The van der Waals surface area contributed by atoms with Gasteiger partial charge in [-0.2, -0.15) is 5.10 Å². The molecular weight excluding hydrogens is 332 g/mol. The van der Waals surface area contributed by atoms with Crippen LogP contribution in [-0.2, 0) is 11.3 Å². The Morgan fingerprint density at radius 2 is 1.85 bits per heavy atom. The minimum atomic E-state index is -0.446. The lowest BCUT2D eigenvalue weighted by atomic mass is 10.1. The highest BCUT2D eigenvalue weighted by Gasteiger charge is 2.11. The maximum atomic E-state index is 12.5. The molecule has 1 N–H and O–H groups in total. The van der Waals surface area contributed by atoms with Crippen LogP contribution in [0.3, 0.4) is 0 Å². The molecule has 1 heterocycles. The molecule has 0 fully saturated rings. The van der Waals surface area contributed by atoms with E-state index in [1.165, 1.54) is 13.4 Å². The maximum absolute atomic E-state index is 12.5. The number of methoxy groups -OCH3 is 1. The third-order valence-corrected chi connectivity index (χ3v) is 3.93. The Bertz CT molecular complexity index is 918. The van der Waals surface area contributed by atoms with Gasteiger partial charge in [-0.05, 0) is 42.3 Å². The molecule has 0 aliphatic heterocycles. The SMILES string of the molecule is COC(=O)c1ccc(C)c(NC(=O)c2ccc(Cn3cncn3)cc2)c1. The lowest BCUT2D eigenvalue weighted by molar-refractivity contribution is 0.0600. The summed E-state index contributed by atoms with van der Waals surface area (Å²) in [4.78, 5) is 28.0. The lowest BCUT2D eigenvalue weighted by Gasteiger charge is -2.10. The molecule has 0 atom stereocenters. The van der Waals surface area contributed by atoms with Gasteiger partial charge in [0.2, 0.25) is 0 Å². The van der Waals surface area contributed by atoms with Crippen LogP contribution in [0.4, 0.5) is 5.69 Å². The fraction of sp³-hybridized carbons (Fsp3) is 0.158. The van der Waals surface area contributed by atoms with Gasteiger partial charge in [-0.3, -0.25) is 4.79 Å². The van der Waals surface area contributed by atoms with Gasteiger partial charge in [0.05, 0.1) is 19.2 Å². The van der Waals surface area contributed by atoms with Crippen LogP contribution in [0.2, 0.25) is 0 Å². The van der Waals surface area contributed by atoms with Gasteiger partial charge in [0, 0.05) is 11.3 Å². The summed E-state index contributed by atoms with van der Waals surface area (Å²) in [7, 11) is 1.32. The molecule has 0 spiro atoms. The molecule has 26 heavy (non-hydrogen) atoms. The highest BCUT2D eigenvalue weighted by Crippen LogP contribution is 2.19. The zero-order chi connectivity index (χ0) is 18.5. The molecule has 0 unspecified atom stereocenters. The van der Waals surface area contributed by atoms with E-state index in [1.807, 2.05) is 19.1 Å². The molecule has 0 aliphatic rings. The van der Waals surface area contributed by atoms with Crippen LogP contribution in [0.25, 0.3) is 0 Å². The summed E-state index contributed by atoms with van der Waals surface area (Å²) in [6.45, 7) is 2.44. The first-order chi connectivity index (χ1) is 12.6. The number of aryl methyl sites for hydroxylation is 1. The number of carbonyl (C=O) groups excluding carboxylic acids is 2. The van der Waals surface area contributed by atoms with Gasteiger partial charge in [0.15, 0.2) is 0 Å². The molecular formula is C19H18N4O3. The minimum absolute atomic E-state index is 0.248. The Morgan fingerprint density at radius 3 is 2.50 bits per heavy atom. The number of nitrogens with zero attached hydrogens (tertiary/aromatic N) is 3. The van der Waals surface area contributed by atoms with Crippen molar-refractivity contribution in [1.29, 1.82) is 0 Å². The van der Waals surface area contributed by atoms with Crippen LogP contribution in [0.15, 0.2) is 55.1 Å². The molecule has 1 amide bonds. The Hall–Kier alpha value is -3.48. The smallest absolute Gasteiger partial charge is 0.337 e. The predicted octanol–water partition coefficient (Wildman–Crippen LogP) is 2.67. The molecule has 0 radical (unpaired) electrons. The number of carbonyl (C=O) groups is 2. The Kier molecular flexibility index (Phi) is 5.07. The van der Waals surface area contributed by atoms with Crippen molar-refractivity contribution in [3.63, 3.8) is 0 Å². The van der Waals surface area contributed by atoms with Gasteiger partial charge in [0.1, 0.15) is 12.7 Å². The van der Waals surface area contributed by atoms with Crippen LogP contribution < -0.4 is 5.32 Å². The summed E-state index contributed by atoms with van der Waals surface area (Å²) in [6, 6.07) is 12.3. The van der Waals surface area contributed by atoms with E-state index in [0.717, 1.165) is 11.1 Å². The van der Waals surface area contributed by atoms with Crippen molar-refractivity contribution in [3.8, 4) is 0 Å². The third-order valence-electron chi connectivity index (χ3n) is 3.93. The van der Waals surface area contributed by atoms with Crippen molar-refractivity contribution in [2.24, 2.45) is 0 Å². The van der Waals surface area contributed by atoms with Gasteiger partial charge in [0.25, 0.3) is 5.91 Å².